The number of ether oxygens (including phenoxy) is 2. The van der Waals surface area contributed by atoms with Gasteiger partial charge in [0.25, 0.3) is 11.1 Å². The monoisotopic (exact) mass is 442 g/mol. The largest absolute Gasteiger partial charge is 0.491 e. The summed E-state index contributed by atoms with van der Waals surface area (Å²) in [5, 5.41) is 21.2. The molecule has 1 atom stereocenters. The molecular formula is C22H19ClN2O4S. The standard InChI is InChI=1S/C22H19ClN2O4S/c23-19-7-3-4-8-20(19)28-13-21-24-25-22(29-21)30-14-17(26)12-27-18-10-9-15-5-1-2-6-16(15)11-18/h1-11,17,26H,12-14H2. The van der Waals surface area contributed by atoms with Crippen molar-refractivity contribution in [3.8, 4) is 11.5 Å². The molecule has 8 heteroatoms. The molecule has 0 bridgehead atoms. The maximum absolute atomic E-state index is 10.2. The SMILES string of the molecule is OC(COc1ccc2ccccc2c1)CSc1nnc(COc2ccccc2Cl)o1. The third-order valence-electron chi connectivity index (χ3n) is 4.20. The van der Waals surface area contributed by atoms with Gasteiger partial charge in [0.2, 0.25) is 0 Å². The van der Waals surface area contributed by atoms with Crippen LogP contribution in [0, 0.1) is 0 Å². The molecule has 6 nitrogen and oxygen atoms in total. The summed E-state index contributed by atoms with van der Waals surface area (Å²) < 4.78 is 16.8. The summed E-state index contributed by atoms with van der Waals surface area (Å²) in [6.07, 6.45) is -0.684. The van der Waals surface area contributed by atoms with E-state index in [1.807, 2.05) is 54.6 Å². The lowest BCUT2D eigenvalue weighted by Crippen LogP contribution is -2.20. The molecule has 0 saturated carbocycles. The maximum Gasteiger partial charge on any atom is 0.276 e. The number of aliphatic hydroxyl groups excluding tert-OH is 1. The summed E-state index contributed by atoms with van der Waals surface area (Å²) >= 11 is 7.31. The Bertz CT molecular complexity index is 1120. The minimum Gasteiger partial charge on any atom is -0.491 e. The number of thioether (sulfide) groups is 1. The molecule has 1 unspecified atom stereocenters. The highest BCUT2D eigenvalue weighted by atomic mass is 35.5. The van der Waals surface area contributed by atoms with Gasteiger partial charge < -0.3 is 19.0 Å². The van der Waals surface area contributed by atoms with Gasteiger partial charge in [0.15, 0.2) is 6.61 Å². The Kier molecular flexibility index (Phi) is 6.74. The van der Waals surface area contributed by atoms with Crippen LogP contribution in [0.15, 0.2) is 76.4 Å². The van der Waals surface area contributed by atoms with Crippen molar-refractivity contribution in [2.45, 2.75) is 17.9 Å². The summed E-state index contributed by atoms with van der Waals surface area (Å²) in [4.78, 5) is 0. The molecule has 0 radical (unpaired) electrons. The normalized spacial score (nSPS) is 12.1. The first kappa shape index (κ1) is 20.5. The van der Waals surface area contributed by atoms with Gasteiger partial charge in [-0.05, 0) is 35.0 Å². The van der Waals surface area contributed by atoms with Crippen LogP contribution < -0.4 is 9.47 Å². The predicted molar refractivity (Wildman–Crippen MR) is 116 cm³/mol. The number of nitrogens with zero attached hydrogens (tertiary/aromatic N) is 2. The second-order valence-electron chi connectivity index (χ2n) is 6.47. The Labute approximate surface area is 182 Å². The van der Waals surface area contributed by atoms with Gasteiger partial charge in [-0.1, -0.05) is 65.8 Å². The molecule has 4 aromatic rings. The van der Waals surface area contributed by atoms with Crippen molar-refractivity contribution >= 4 is 34.1 Å². The predicted octanol–water partition coefficient (Wildman–Crippen LogP) is 4.99. The Morgan fingerprint density at radius 3 is 2.63 bits per heavy atom. The topological polar surface area (TPSA) is 77.6 Å². The number of aliphatic hydroxyl groups is 1. The third-order valence-corrected chi connectivity index (χ3v) is 5.47. The summed E-state index contributed by atoms with van der Waals surface area (Å²) in [6.45, 7) is 0.285. The van der Waals surface area contributed by atoms with E-state index in [2.05, 4.69) is 10.2 Å². The molecule has 0 aliphatic heterocycles. The zero-order chi connectivity index (χ0) is 20.8. The van der Waals surface area contributed by atoms with Crippen LogP contribution in [0.1, 0.15) is 5.89 Å². The molecule has 30 heavy (non-hydrogen) atoms. The van der Waals surface area contributed by atoms with Crippen LogP contribution in [0.4, 0.5) is 0 Å². The molecule has 1 aromatic heterocycles. The fourth-order valence-corrected chi connectivity index (χ4v) is 3.60. The molecule has 1 N–H and O–H groups in total. The van der Waals surface area contributed by atoms with Crippen molar-refractivity contribution in [2.75, 3.05) is 12.4 Å². The van der Waals surface area contributed by atoms with Crippen molar-refractivity contribution < 1.29 is 19.0 Å². The van der Waals surface area contributed by atoms with E-state index in [1.54, 1.807) is 12.1 Å². The summed E-state index contributed by atoms with van der Waals surface area (Å²) in [5.74, 6) is 1.96. The van der Waals surface area contributed by atoms with Crippen molar-refractivity contribution in [1.29, 1.82) is 0 Å². The molecule has 0 fully saturated rings. The van der Waals surface area contributed by atoms with Crippen molar-refractivity contribution in [3.63, 3.8) is 0 Å². The first-order valence-electron chi connectivity index (χ1n) is 9.29. The van der Waals surface area contributed by atoms with E-state index in [-0.39, 0.29) is 13.2 Å². The number of hydrogen-bond donors (Lipinski definition) is 1. The molecule has 0 aliphatic rings. The van der Waals surface area contributed by atoms with E-state index in [0.29, 0.717) is 27.6 Å². The quantitative estimate of drug-likeness (QED) is 0.366. The number of aromatic nitrogens is 2. The zero-order valence-electron chi connectivity index (χ0n) is 15.9. The lowest BCUT2D eigenvalue weighted by molar-refractivity contribution is 0.126. The Hall–Kier alpha value is -2.74. The molecule has 0 amide bonds. The Balaban J connectivity index is 1.23. The van der Waals surface area contributed by atoms with Crippen LogP contribution in [0.25, 0.3) is 10.8 Å². The van der Waals surface area contributed by atoms with E-state index in [1.165, 1.54) is 11.8 Å². The first-order valence-corrected chi connectivity index (χ1v) is 10.7. The molecule has 3 aromatic carbocycles. The lowest BCUT2D eigenvalue weighted by atomic mass is 10.1. The first-order chi connectivity index (χ1) is 14.7. The molecule has 1 heterocycles. The summed E-state index contributed by atoms with van der Waals surface area (Å²) in [6, 6.07) is 21.1. The highest BCUT2D eigenvalue weighted by Gasteiger charge is 2.12. The molecule has 4 rings (SSSR count). The molecule has 0 aliphatic carbocycles. The number of hydrogen-bond acceptors (Lipinski definition) is 7. The fraction of sp³-hybridized carbons (Fsp3) is 0.182. The minimum atomic E-state index is -0.684. The van der Waals surface area contributed by atoms with Crippen molar-refractivity contribution in [3.05, 3.63) is 77.6 Å². The van der Waals surface area contributed by atoms with E-state index in [0.717, 1.165) is 16.5 Å². The van der Waals surface area contributed by atoms with Crippen LogP contribution in [-0.2, 0) is 6.61 Å². The van der Waals surface area contributed by atoms with E-state index < -0.39 is 6.10 Å². The van der Waals surface area contributed by atoms with E-state index in [4.69, 9.17) is 25.5 Å². The van der Waals surface area contributed by atoms with Gasteiger partial charge >= 0.3 is 0 Å². The second kappa shape index (κ2) is 9.84. The number of fused-ring (bicyclic) bond motifs is 1. The average molecular weight is 443 g/mol. The number of halogens is 1. The number of rotatable bonds is 9. The van der Waals surface area contributed by atoms with Crippen LogP contribution in [0.5, 0.6) is 11.5 Å². The van der Waals surface area contributed by atoms with Crippen LogP contribution >= 0.6 is 23.4 Å². The minimum absolute atomic E-state index is 0.116. The summed E-state index contributed by atoms with van der Waals surface area (Å²) in [5.41, 5.74) is 0. The van der Waals surface area contributed by atoms with Gasteiger partial charge in [-0.25, -0.2) is 0 Å². The highest BCUT2D eigenvalue weighted by molar-refractivity contribution is 7.99. The molecule has 0 spiro atoms. The second-order valence-corrected chi connectivity index (χ2v) is 7.84. The Morgan fingerprint density at radius 2 is 1.77 bits per heavy atom. The van der Waals surface area contributed by atoms with Gasteiger partial charge in [-0.2, -0.15) is 0 Å². The van der Waals surface area contributed by atoms with Crippen LogP contribution in [-0.4, -0.2) is 33.8 Å². The van der Waals surface area contributed by atoms with Crippen molar-refractivity contribution in [2.24, 2.45) is 0 Å². The van der Waals surface area contributed by atoms with Crippen LogP contribution in [0.3, 0.4) is 0 Å². The lowest BCUT2D eigenvalue weighted by Gasteiger charge is -2.11. The maximum atomic E-state index is 10.2. The third kappa shape index (κ3) is 5.44. The number of para-hydroxylation sites is 1. The van der Waals surface area contributed by atoms with E-state index >= 15 is 0 Å². The molecule has 0 saturated heterocycles. The zero-order valence-corrected chi connectivity index (χ0v) is 17.5. The highest BCUT2D eigenvalue weighted by Crippen LogP contribution is 2.25. The fourth-order valence-electron chi connectivity index (χ4n) is 2.72. The van der Waals surface area contributed by atoms with E-state index in [9.17, 15) is 5.11 Å². The van der Waals surface area contributed by atoms with Crippen LogP contribution in [0.2, 0.25) is 5.02 Å². The molecule has 154 valence electrons. The van der Waals surface area contributed by atoms with Gasteiger partial charge in [0, 0.05) is 5.75 Å². The summed E-state index contributed by atoms with van der Waals surface area (Å²) in [7, 11) is 0. The van der Waals surface area contributed by atoms with Crippen molar-refractivity contribution in [1.82, 2.24) is 10.2 Å². The smallest absolute Gasteiger partial charge is 0.276 e. The van der Waals surface area contributed by atoms with Gasteiger partial charge in [-0.3, -0.25) is 0 Å². The van der Waals surface area contributed by atoms with Gasteiger partial charge in [0.1, 0.15) is 18.1 Å². The van der Waals surface area contributed by atoms with Gasteiger partial charge in [-0.15, -0.1) is 10.2 Å². The molecular weight excluding hydrogens is 424 g/mol. The Morgan fingerprint density at radius 1 is 0.967 bits per heavy atom. The van der Waals surface area contributed by atoms with Gasteiger partial charge in [0.05, 0.1) is 11.1 Å². The number of benzene rings is 3. The average Bonchev–Trinajstić information content (AvgIpc) is 3.23.